The summed E-state index contributed by atoms with van der Waals surface area (Å²) in [6, 6.07) is 8.55. The number of carbonyl (C=O) groups excluding carboxylic acids is 1. The van der Waals surface area contributed by atoms with Crippen LogP contribution in [-0.2, 0) is 4.79 Å². The van der Waals surface area contributed by atoms with Gasteiger partial charge >= 0.3 is 0 Å². The van der Waals surface area contributed by atoms with E-state index in [4.69, 9.17) is 0 Å². The number of aliphatic imine (C=N–C) groups is 1. The Morgan fingerprint density at radius 2 is 1.97 bits per heavy atom. The lowest BCUT2D eigenvalue weighted by Gasteiger charge is -2.53. The van der Waals surface area contributed by atoms with Crippen LogP contribution >= 0.6 is 0 Å². The molecule has 0 N–H and O–H groups in total. The average molecular weight is 419 g/mol. The van der Waals surface area contributed by atoms with Crippen molar-refractivity contribution in [3.05, 3.63) is 41.6 Å². The molecule has 1 amide bonds. The Bertz CT molecular complexity index is 990. The highest BCUT2D eigenvalue weighted by molar-refractivity contribution is 5.99. The van der Waals surface area contributed by atoms with Crippen LogP contribution in [0.2, 0.25) is 0 Å². The van der Waals surface area contributed by atoms with Gasteiger partial charge in [0.05, 0.1) is 5.52 Å². The highest BCUT2D eigenvalue weighted by Gasteiger charge is 2.46. The maximum atomic E-state index is 13.3. The zero-order valence-corrected chi connectivity index (χ0v) is 19.0. The number of carbonyl (C=O) groups is 1. The molecule has 2 saturated heterocycles. The van der Waals surface area contributed by atoms with Gasteiger partial charge in [0.25, 0.3) is 0 Å². The first-order valence-corrected chi connectivity index (χ1v) is 11.8. The predicted octanol–water partition coefficient (Wildman–Crippen LogP) is 3.82. The highest BCUT2D eigenvalue weighted by atomic mass is 16.2. The van der Waals surface area contributed by atoms with Gasteiger partial charge in [-0.15, -0.1) is 0 Å². The molecular formula is C26H34N4O. The maximum Gasteiger partial charge on any atom is 0.222 e. The molecule has 3 aliphatic rings. The Hall–Kier alpha value is -2.27. The highest BCUT2D eigenvalue weighted by Crippen LogP contribution is 2.47. The first-order chi connectivity index (χ1) is 15.0. The van der Waals surface area contributed by atoms with E-state index in [0.29, 0.717) is 23.7 Å². The van der Waals surface area contributed by atoms with E-state index in [1.807, 2.05) is 18.5 Å². The van der Waals surface area contributed by atoms with Crippen LogP contribution in [0.25, 0.3) is 10.9 Å². The summed E-state index contributed by atoms with van der Waals surface area (Å²) in [6.45, 7) is 6.35. The van der Waals surface area contributed by atoms with Crippen molar-refractivity contribution in [2.75, 3.05) is 40.3 Å². The Morgan fingerprint density at radius 3 is 2.74 bits per heavy atom. The second-order valence-electron chi connectivity index (χ2n) is 10.2. The van der Waals surface area contributed by atoms with Gasteiger partial charge < -0.3 is 9.80 Å². The molecular weight excluding hydrogens is 384 g/mol. The zero-order valence-electron chi connectivity index (χ0n) is 19.0. The molecule has 3 fully saturated rings. The van der Waals surface area contributed by atoms with Crippen LogP contribution in [0.5, 0.6) is 0 Å². The largest absolute Gasteiger partial charge is 0.342 e. The molecule has 0 spiro atoms. The predicted molar refractivity (Wildman–Crippen MR) is 126 cm³/mol. The molecule has 1 aromatic carbocycles. The second-order valence-corrected chi connectivity index (χ2v) is 10.2. The fraction of sp³-hybridized carbons (Fsp3) is 0.577. The van der Waals surface area contributed by atoms with Gasteiger partial charge in [-0.25, -0.2) is 0 Å². The van der Waals surface area contributed by atoms with E-state index >= 15 is 0 Å². The summed E-state index contributed by atoms with van der Waals surface area (Å²) in [5.74, 6) is 3.31. The van der Waals surface area contributed by atoms with E-state index < -0.39 is 0 Å². The molecule has 0 radical (unpaired) electrons. The summed E-state index contributed by atoms with van der Waals surface area (Å²) < 4.78 is 0. The molecule has 1 saturated carbocycles. The number of fused-ring (bicyclic) bond motifs is 3. The van der Waals surface area contributed by atoms with E-state index in [1.165, 1.54) is 30.5 Å². The lowest BCUT2D eigenvalue weighted by molar-refractivity contribution is -0.139. The fourth-order valence-corrected chi connectivity index (χ4v) is 6.48. The molecule has 5 rings (SSSR count). The molecule has 4 atom stereocenters. The molecule has 164 valence electrons. The summed E-state index contributed by atoms with van der Waals surface area (Å²) in [4.78, 5) is 26.8. The van der Waals surface area contributed by atoms with Gasteiger partial charge in [-0.3, -0.25) is 14.8 Å². The van der Waals surface area contributed by atoms with Crippen molar-refractivity contribution >= 4 is 23.0 Å². The number of aromatic nitrogens is 1. The summed E-state index contributed by atoms with van der Waals surface area (Å²) in [7, 11) is 4.01. The van der Waals surface area contributed by atoms with Crippen LogP contribution in [0.4, 0.5) is 0 Å². The van der Waals surface area contributed by atoms with Gasteiger partial charge in [0.2, 0.25) is 5.91 Å². The number of pyridine rings is 1. The lowest BCUT2D eigenvalue weighted by atomic mass is 9.60. The van der Waals surface area contributed by atoms with Crippen molar-refractivity contribution in [3.63, 3.8) is 0 Å². The van der Waals surface area contributed by atoms with Gasteiger partial charge in [0.15, 0.2) is 0 Å². The molecule has 2 unspecified atom stereocenters. The molecule has 2 aliphatic heterocycles. The third kappa shape index (κ3) is 3.89. The third-order valence-electron chi connectivity index (χ3n) is 7.87. The van der Waals surface area contributed by atoms with Crippen LogP contribution in [-0.4, -0.2) is 67.2 Å². The van der Waals surface area contributed by atoms with Crippen molar-refractivity contribution in [3.8, 4) is 0 Å². The van der Waals surface area contributed by atoms with Crippen LogP contribution < -0.4 is 0 Å². The number of benzene rings is 1. The van der Waals surface area contributed by atoms with Gasteiger partial charge in [-0.1, -0.05) is 25.1 Å². The number of rotatable bonds is 4. The molecule has 1 aliphatic carbocycles. The lowest BCUT2D eigenvalue weighted by Crippen LogP contribution is -2.55. The summed E-state index contributed by atoms with van der Waals surface area (Å²) in [5.41, 5.74) is 3.39. The van der Waals surface area contributed by atoms with E-state index in [1.54, 1.807) is 7.05 Å². The van der Waals surface area contributed by atoms with Crippen LogP contribution in [0, 0.1) is 23.7 Å². The quantitative estimate of drug-likeness (QED) is 0.709. The van der Waals surface area contributed by atoms with E-state index in [-0.39, 0.29) is 0 Å². The van der Waals surface area contributed by atoms with Crippen LogP contribution in [0.1, 0.15) is 43.2 Å². The molecule has 5 nitrogen and oxygen atoms in total. The van der Waals surface area contributed by atoms with E-state index in [9.17, 15) is 4.79 Å². The number of amides is 1. The number of nitrogens with zero attached hydrogens (tertiary/aromatic N) is 4. The standard InChI is InChI=1S/C26H34N4O/c1-17-9-19(22-7-6-18(12-27-2)26-23(22)5-4-8-28-26)16-30(13-17)25(31)11-24-20-10-21(24)15-29(3)14-20/h4-8,12,17,19-21,24H,9-11,13-16H2,1-3H3/b27-12+/t17-,19+,20?,21?,24?/m1/s1. The number of hydrogen-bond acceptors (Lipinski definition) is 4. The number of hydrogen-bond donors (Lipinski definition) is 0. The Labute approximate surface area is 185 Å². The second kappa shape index (κ2) is 8.34. The fourth-order valence-electron chi connectivity index (χ4n) is 6.48. The van der Waals surface area contributed by atoms with Crippen molar-refractivity contribution in [2.45, 2.75) is 32.1 Å². The molecule has 2 aromatic rings. The van der Waals surface area contributed by atoms with Gasteiger partial charge in [-0.2, -0.15) is 0 Å². The average Bonchev–Trinajstić information content (AvgIpc) is 2.77. The minimum Gasteiger partial charge on any atom is -0.342 e. The normalized spacial score (nSPS) is 31.2. The van der Waals surface area contributed by atoms with E-state index in [0.717, 1.165) is 48.8 Å². The molecule has 3 heterocycles. The molecule has 1 aromatic heterocycles. The van der Waals surface area contributed by atoms with Crippen molar-refractivity contribution in [2.24, 2.45) is 28.7 Å². The molecule has 31 heavy (non-hydrogen) atoms. The topological polar surface area (TPSA) is 48.8 Å². The Balaban J connectivity index is 1.35. The minimum atomic E-state index is 0.360. The Kier molecular flexibility index (Phi) is 5.55. The third-order valence-corrected chi connectivity index (χ3v) is 7.87. The summed E-state index contributed by atoms with van der Waals surface area (Å²) in [6.07, 6.45) is 6.93. The van der Waals surface area contributed by atoms with Crippen molar-refractivity contribution in [1.29, 1.82) is 0 Å². The summed E-state index contributed by atoms with van der Waals surface area (Å²) >= 11 is 0. The smallest absolute Gasteiger partial charge is 0.222 e. The molecule has 5 heteroatoms. The van der Waals surface area contributed by atoms with Gasteiger partial charge in [-0.05, 0) is 55.2 Å². The Morgan fingerprint density at radius 1 is 1.16 bits per heavy atom. The number of likely N-dealkylation sites (tertiary alicyclic amines) is 2. The van der Waals surface area contributed by atoms with Gasteiger partial charge in [0, 0.05) is 68.9 Å². The molecule has 2 bridgehead atoms. The van der Waals surface area contributed by atoms with Crippen molar-refractivity contribution < 1.29 is 4.79 Å². The first kappa shape index (κ1) is 20.6. The zero-order chi connectivity index (χ0) is 21.5. The van der Waals surface area contributed by atoms with Crippen molar-refractivity contribution in [1.82, 2.24) is 14.8 Å². The summed E-state index contributed by atoms with van der Waals surface area (Å²) in [5, 5.41) is 1.20. The first-order valence-electron chi connectivity index (χ1n) is 11.8. The van der Waals surface area contributed by atoms with Gasteiger partial charge in [0.1, 0.15) is 0 Å². The minimum absolute atomic E-state index is 0.360. The maximum absolute atomic E-state index is 13.3. The monoisotopic (exact) mass is 418 g/mol. The van der Waals surface area contributed by atoms with Crippen LogP contribution in [0.3, 0.4) is 0 Å². The number of piperidine rings is 3. The SMILES string of the molecule is C/N=C/c1ccc([C@H]2C[C@@H](C)CN(C(=O)CC3C4CC3CN(C)C4)C2)c2cccnc12. The van der Waals surface area contributed by atoms with Crippen LogP contribution in [0.15, 0.2) is 35.5 Å². The van der Waals surface area contributed by atoms with E-state index in [2.05, 4.69) is 51.9 Å².